The first-order chi connectivity index (χ1) is 21.6. The fraction of sp³-hybridized carbons (Fsp3) is 0.257. The van der Waals surface area contributed by atoms with E-state index in [1.165, 1.54) is 17.0 Å². The van der Waals surface area contributed by atoms with Gasteiger partial charge in [-0.05, 0) is 59.9 Å². The van der Waals surface area contributed by atoms with Gasteiger partial charge in [0.1, 0.15) is 12.6 Å². The maximum absolute atomic E-state index is 14.6. The molecule has 4 rings (SSSR count). The van der Waals surface area contributed by atoms with E-state index in [1.54, 1.807) is 48.5 Å². The van der Waals surface area contributed by atoms with Crippen LogP contribution < -0.4 is 9.62 Å². The average Bonchev–Trinajstić information content (AvgIpc) is 3.05. The minimum atomic E-state index is -4.18. The van der Waals surface area contributed by atoms with Crippen molar-refractivity contribution in [2.75, 3.05) is 17.4 Å². The highest BCUT2D eigenvalue weighted by molar-refractivity contribution is 7.92. The van der Waals surface area contributed by atoms with E-state index in [1.807, 2.05) is 56.3 Å². The third-order valence-corrected chi connectivity index (χ3v) is 9.79. The lowest BCUT2D eigenvalue weighted by Crippen LogP contribution is -2.53. The topological polar surface area (TPSA) is 86.8 Å². The van der Waals surface area contributed by atoms with Crippen LogP contribution in [-0.4, -0.2) is 44.3 Å². The van der Waals surface area contributed by atoms with Gasteiger partial charge < -0.3 is 10.2 Å². The predicted molar refractivity (Wildman–Crippen MR) is 181 cm³/mol. The molecule has 0 aromatic heterocycles. The number of anilines is 1. The molecule has 4 aromatic carbocycles. The summed E-state index contributed by atoms with van der Waals surface area (Å²) >= 11 is 12.7. The summed E-state index contributed by atoms with van der Waals surface area (Å²) in [5.74, 6) is -0.899. The average molecular weight is 667 g/mol. The van der Waals surface area contributed by atoms with Gasteiger partial charge >= 0.3 is 0 Å². The van der Waals surface area contributed by atoms with Crippen LogP contribution in [0, 0.1) is 0 Å². The van der Waals surface area contributed by atoms with E-state index < -0.39 is 28.5 Å². The number of hydrogen-bond acceptors (Lipinski definition) is 4. The quantitative estimate of drug-likeness (QED) is 0.158. The van der Waals surface area contributed by atoms with Crippen LogP contribution in [0.25, 0.3) is 0 Å². The maximum atomic E-state index is 14.6. The number of carbonyl (C=O) groups excluding carboxylic acids is 2. The number of hydrogen-bond donors (Lipinski definition) is 1. The van der Waals surface area contributed by atoms with Crippen LogP contribution in [0.2, 0.25) is 10.0 Å². The second-order valence-electron chi connectivity index (χ2n) is 10.6. The number of rotatable bonds is 14. The molecule has 45 heavy (non-hydrogen) atoms. The van der Waals surface area contributed by atoms with Crippen molar-refractivity contribution in [2.24, 2.45) is 0 Å². The predicted octanol–water partition coefficient (Wildman–Crippen LogP) is 6.92. The van der Waals surface area contributed by atoms with E-state index in [0.717, 1.165) is 15.4 Å². The molecule has 0 aliphatic carbocycles. The summed E-state index contributed by atoms with van der Waals surface area (Å²) in [6.07, 6.45) is 1.47. The molecule has 7 nitrogen and oxygen atoms in total. The van der Waals surface area contributed by atoms with Crippen molar-refractivity contribution in [2.45, 2.75) is 50.6 Å². The molecule has 0 spiro atoms. The van der Waals surface area contributed by atoms with E-state index in [4.69, 9.17) is 23.2 Å². The third kappa shape index (κ3) is 8.66. The molecule has 0 heterocycles. The molecule has 1 N–H and O–H groups in total. The highest BCUT2D eigenvalue weighted by Gasteiger charge is 2.35. The monoisotopic (exact) mass is 665 g/mol. The number of carbonyl (C=O) groups is 2. The van der Waals surface area contributed by atoms with Gasteiger partial charge in [-0.15, -0.1) is 0 Å². The highest BCUT2D eigenvalue weighted by Crippen LogP contribution is 2.29. The number of aryl methyl sites for hydroxylation is 1. The van der Waals surface area contributed by atoms with Crippen molar-refractivity contribution < 1.29 is 18.0 Å². The Labute approximate surface area is 275 Å². The molecule has 4 aromatic rings. The molecule has 0 saturated carbocycles. The van der Waals surface area contributed by atoms with E-state index >= 15 is 0 Å². The third-order valence-electron chi connectivity index (χ3n) is 7.43. The Morgan fingerprint density at radius 3 is 2.11 bits per heavy atom. The van der Waals surface area contributed by atoms with Gasteiger partial charge in [0.25, 0.3) is 10.0 Å². The number of para-hydroxylation sites is 1. The zero-order valence-corrected chi connectivity index (χ0v) is 27.7. The molecular formula is C35H37Cl2N3O4S. The van der Waals surface area contributed by atoms with Crippen LogP contribution >= 0.6 is 23.2 Å². The molecule has 10 heteroatoms. The van der Waals surface area contributed by atoms with Crippen LogP contribution in [0.5, 0.6) is 0 Å². The molecule has 1 unspecified atom stereocenters. The van der Waals surface area contributed by atoms with E-state index in [9.17, 15) is 18.0 Å². The molecule has 0 aliphatic heterocycles. The number of amides is 2. The number of benzene rings is 4. The van der Waals surface area contributed by atoms with Crippen LogP contribution in [0.3, 0.4) is 0 Å². The number of halogens is 2. The van der Waals surface area contributed by atoms with Gasteiger partial charge in [-0.2, -0.15) is 0 Å². The summed E-state index contributed by atoms with van der Waals surface area (Å²) in [6, 6.07) is 28.5. The molecule has 0 bridgehead atoms. The van der Waals surface area contributed by atoms with E-state index in [2.05, 4.69) is 5.32 Å². The number of nitrogens with zero attached hydrogens (tertiary/aromatic N) is 2. The van der Waals surface area contributed by atoms with Crippen LogP contribution in [0.15, 0.2) is 108 Å². The summed E-state index contributed by atoms with van der Waals surface area (Å²) in [5, 5.41) is 3.70. The second-order valence-corrected chi connectivity index (χ2v) is 13.3. The zero-order valence-electron chi connectivity index (χ0n) is 25.3. The summed E-state index contributed by atoms with van der Waals surface area (Å²) in [6.45, 7) is 3.72. The highest BCUT2D eigenvalue weighted by atomic mass is 35.5. The fourth-order valence-corrected chi connectivity index (χ4v) is 6.98. The maximum Gasteiger partial charge on any atom is 0.264 e. The first kappa shape index (κ1) is 34.0. The first-order valence-corrected chi connectivity index (χ1v) is 17.1. The summed E-state index contributed by atoms with van der Waals surface area (Å²) < 4.78 is 29.5. The van der Waals surface area contributed by atoms with Crippen molar-refractivity contribution >= 4 is 50.7 Å². The minimum absolute atomic E-state index is 0.0411. The van der Waals surface area contributed by atoms with E-state index in [0.29, 0.717) is 40.7 Å². The smallest absolute Gasteiger partial charge is 0.264 e. The van der Waals surface area contributed by atoms with Gasteiger partial charge in [-0.3, -0.25) is 13.9 Å². The van der Waals surface area contributed by atoms with Gasteiger partial charge in [-0.25, -0.2) is 8.42 Å². The van der Waals surface area contributed by atoms with Gasteiger partial charge in [0.15, 0.2) is 0 Å². The Hall–Kier alpha value is -3.85. The lowest BCUT2D eigenvalue weighted by Gasteiger charge is -2.34. The van der Waals surface area contributed by atoms with Crippen LogP contribution in [0.1, 0.15) is 37.0 Å². The SMILES string of the molecule is CCCNC(=O)C(Cc1ccccc1)N(Cc1ccc(Cl)cc1Cl)C(=O)CN(c1ccccc1CC)S(=O)(=O)c1ccccc1. The molecule has 0 saturated heterocycles. The summed E-state index contributed by atoms with van der Waals surface area (Å²) in [5.41, 5.74) is 2.58. The Kier molecular flexibility index (Phi) is 12.0. The van der Waals surface area contributed by atoms with Gasteiger partial charge in [0.2, 0.25) is 11.8 Å². The lowest BCUT2D eigenvalue weighted by atomic mass is 10.0. The Morgan fingerprint density at radius 1 is 0.822 bits per heavy atom. The lowest BCUT2D eigenvalue weighted by molar-refractivity contribution is -0.140. The molecule has 1 atom stereocenters. The van der Waals surface area contributed by atoms with Crippen molar-refractivity contribution in [3.05, 3.63) is 130 Å². The zero-order chi connectivity index (χ0) is 32.4. The standard InChI is InChI=1S/C35H37Cl2N3O4S/c1-3-21-38-35(42)33(22-26-13-7-5-8-14-26)39(24-28-19-20-29(36)23-31(28)37)34(41)25-40(32-18-12-11-15-27(32)4-2)45(43,44)30-16-9-6-10-17-30/h5-20,23,33H,3-4,21-22,24-25H2,1-2H3,(H,38,42). The molecule has 0 fully saturated rings. The summed E-state index contributed by atoms with van der Waals surface area (Å²) in [4.78, 5) is 29.8. The molecule has 0 aliphatic rings. The number of nitrogens with one attached hydrogen (secondary N) is 1. The van der Waals surface area contributed by atoms with Crippen LogP contribution in [-0.2, 0) is 39.0 Å². The molecule has 0 radical (unpaired) electrons. The van der Waals surface area contributed by atoms with Crippen LogP contribution in [0.4, 0.5) is 5.69 Å². The van der Waals surface area contributed by atoms with Gasteiger partial charge in [0.05, 0.1) is 10.6 Å². The van der Waals surface area contributed by atoms with Crippen molar-refractivity contribution in [3.63, 3.8) is 0 Å². The van der Waals surface area contributed by atoms with E-state index in [-0.39, 0.29) is 23.8 Å². The molecular weight excluding hydrogens is 629 g/mol. The first-order valence-electron chi connectivity index (χ1n) is 14.9. The Bertz CT molecular complexity index is 1700. The van der Waals surface area contributed by atoms with Crippen molar-refractivity contribution in [1.29, 1.82) is 0 Å². The van der Waals surface area contributed by atoms with Crippen molar-refractivity contribution in [1.82, 2.24) is 10.2 Å². The summed E-state index contributed by atoms with van der Waals surface area (Å²) in [7, 11) is -4.18. The normalized spacial score (nSPS) is 11.9. The Balaban J connectivity index is 1.83. The molecule has 2 amide bonds. The Morgan fingerprint density at radius 2 is 1.47 bits per heavy atom. The minimum Gasteiger partial charge on any atom is -0.354 e. The van der Waals surface area contributed by atoms with Gasteiger partial charge in [-0.1, -0.05) is 110 Å². The second kappa shape index (κ2) is 15.9. The van der Waals surface area contributed by atoms with Gasteiger partial charge in [0, 0.05) is 29.6 Å². The number of sulfonamides is 1. The largest absolute Gasteiger partial charge is 0.354 e. The molecule has 236 valence electrons. The van der Waals surface area contributed by atoms with Crippen molar-refractivity contribution in [3.8, 4) is 0 Å². The fourth-order valence-electron chi connectivity index (χ4n) is 5.04.